The van der Waals surface area contributed by atoms with E-state index in [1.807, 2.05) is 37.3 Å². The highest BCUT2D eigenvalue weighted by molar-refractivity contribution is 7.91. The van der Waals surface area contributed by atoms with Gasteiger partial charge in [-0.25, -0.2) is 13.4 Å². The smallest absolute Gasteiger partial charge is 0.416 e. The van der Waals surface area contributed by atoms with Crippen LogP contribution in [-0.2, 0) is 27.3 Å². The zero-order chi connectivity index (χ0) is 37.0. The number of carbonyl (C=O) groups is 1. The van der Waals surface area contributed by atoms with Crippen LogP contribution in [0.2, 0.25) is 0 Å². The van der Waals surface area contributed by atoms with Gasteiger partial charge in [0.15, 0.2) is 9.84 Å². The molecule has 6 rings (SSSR count). The number of pyridine rings is 1. The van der Waals surface area contributed by atoms with E-state index in [0.717, 1.165) is 43.6 Å². The van der Waals surface area contributed by atoms with Gasteiger partial charge in [-0.3, -0.25) is 14.6 Å². The molecule has 0 saturated carbocycles. The molecule has 52 heavy (non-hydrogen) atoms. The minimum Gasteiger partial charge on any atom is -0.492 e. The number of nitrogens with zero attached hydrogens (tertiary/aromatic N) is 3. The minimum absolute atomic E-state index is 0.0691. The summed E-state index contributed by atoms with van der Waals surface area (Å²) in [5.41, 5.74) is 1.27. The Balaban J connectivity index is 1.55. The summed E-state index contributed by atoms with van der Waals surface area (Å²) in [5, 5.41) is 3.37. The average Bonchev–Trinajstić information content (AvgIpc) is 3.15. The van der Waals surface area contributed by atoms with E-state index < -0.39 is 33.5 Å². The first-order chi connectivity index (χ1) is 24.9. The summed E-state index contributed by atoms with van der Waals surface area (Å²) in [6, 6.07) is 17.2. The Kier molecular flexibility index (Phi) is 11.5. The Labute approximate surface area is 303 Å². The quantitative estimate of drug-likeness (QED) is 0.178. The molecule has 1 N–H and O–H groups in total. The highest BCUT2D eigenvalue weighted by Crippen LogP contribution is 2.39. The molecule has 278 valence electrons. The second-order valence-corrected chi connectivity index (χ2v) is 15.6. The maximum absolute atomic E-state index is 14.7. The van der Waals surface area contributed by atoms with Crippen molar-refractivity contribution in [2.45, 2.75) is 63.3 Å². The summed E-state index contributed by atoms with van der Waals surface area (Å²) in [7, 11) is -3.83. The summed E-state index contributed by atoms with van der Waals surface area (Å²) in [6.07, 6.45) is -2.85. The minimum atomic E-state index is -4.61. The zero-order valence-corrected chi connectivity index (χ0v) is 30.5. The number of aromatic nitrogens is 1. The number of hydrogen-bond donors (Lipinski definition) is 1. The van der Waals surface area contributed by atoms with Crippen molar-refractivity contribution in [2.75, 3.05) is 51.8 Å². The number of sulfone groups is 1. The largest absolute Gasteiger partial charge is 0.492 e. The second kappa shape index (κ2) is 15.9. The third-order valence-corrected chi connectivity index (χ3v) is 11.8. The van der Waals surface area contributed by atoms with E-state index in [9.17, 15) is 26.4 Å². The molecule has 3 aromatic carbocycles. The van der Waals surface area contributed by atoms with Crippen molar-refractivity contribution in [3.05, 3.63) is 89.0 Å². The molecular weight excluding hydrogens is 694 g/mol. The lowest BCUT2D eigenvalue weighted by Crippen LogP contribution is -2.48. The first-order valence-electron chi connectivity index (χ1n) is 17.8. The van der Waals surface area contributed by atoms with Gasteiger partial charge in [-0.2, -0.15) is 13.2 Å². The molecule has 1 aromatic heterocycles. The number of likely N-dealkylation sites (tertiary alicyclic amines) is 1. The van der Waals surface area contributed by atoms with Crippen molar-refractivity contribution < 1.29 is 35.9 Å². The molecule has 2 saturated heterocycles. The monoisotopic (exact) mass is 738 g/mol. The van der Waals surface area contributed by atoms with Crippen LogP contribution < -0.4 is 10.1 Å². The number of halogens is 3. The van der Waals surface area contributed by atoms with E-state index >= 15 is 0 Å². The molecular formula is C39H45F3N4O5S. The summed E-state index contributed by atoms with van der Waals surface area (Å²) >= 11 is 0. The average molecular weight is 739 g/mol. The van der Waals surface area contributed by atoms with E-state index in [4.69, 9.17) is 14.5 Å². The van der Waals surface area contributed by atoms with Gasteiger partial charge in [-0.15, -0.1) is 0 Å². The van der Waals surface area contributed by atoms with Gasteiger partial charge in [0.2, 0.25) is 0 Å². The summed E-state index contributed by atoms with van der Waals surface area (Å²) in [6.45, 7) is 10.0. The van der Waals surface area contributed by atoms with E-state index in [1.54, 1.807) is 13.0 Å². The second-order valence-electron chi connectivity index (χ2n) is 13.3. The fourth-order valence-electron chi connectivity index (χ4n) is 7.18. The SMILES string of the molecule is CCOc1cc2nc(-c3cccc(C(F)(F)F)c3)c(CN3CCC(N4CCOCC4)CC3)c(C(=O)N[C@@H](C)c3ccccc3)c2cc1S(=O)(=O)CC. The van der Waals surface area contributed by atoms with E-state index in [1.165, 1.54) is 25.1 Å². The van der Waals surface area contributed by atoms with Crippen molar-refractivity contribution in [2.24, 2.45) is 0 Å². The molecule has 13 heteroatoms. The molecule has 0 bridgehead atoms. The van der Waals surface area contributed by atoms with Crippen LogP contribution in [0, 0.1) is 0 Å². The standard InChI is InChI=1S/C39H45F3N4O5S/c1-4-51-34-24-33-31(23-35(34)52(48,49)5-2)36(38(47)43-26(3)27-10-7-6-8-11-27)32(37(44-33)28-12-9-13-29(22-28)39(40,41)42)25-45-16-14-30(15-17-45)46-18-20-50-21-19-46/h6-13,22-24,26,30H,4-5,14-21,25H2,1-3H3,(H,43,47)/t26-/m0/s1. The van der Waals surface area contributed by atoms with E-state index in [2.05, 4.69) is 15.1 Å². The lowest BCUT2D eigenvalue weighted by Gasteiger charge is -2.40. The van der Waals surface area contributed by atoms with Crippen LogP contribution in [0.5, 0.6) is 5.75 Å². The molecule has 9 nitrogen and oxygen atoms in total. The number of hydrogen-bond acceptors (Lipinski definition) is 8. The van der Waals surface area contributed by atoms with Gasteiger partial charge in [-0.05, 0) is 63.5 Å². The number of amides is 1. The summed E-state index contributed by atoms with van der Waals surface area (Å²) < 4.78 is 80.4. The Bertz CT molecular complexity index is 1990. The van der Waals surface area contributed by atoms with Crippen LogP contribution in [0.15, 0.2) is 71.6 Å². The number of ether oxygens (including phenoxy) is 2. The van der Waals surface area contributed by atoms with E-state index in [0.29, 0.717) is 37.9 Å². The summed E-state index contributed by atoms with van der Waals surface area (Å²) in [4.78, 5) is 24.2. The lowest BCUT2D eigenvalue weighted by atomic mass is 9.93. The first kappa shape index (κ1) is 37.7. The van der Waals surface area contributed by atoms with Gasteiger partial charge in [0.25, 0.3) is 5.91 Å². The highest BCUT2D eigenvalue weighted by atomic mass is 32.2. The Morgan fingerprint density at radius 3 is 2.37 bits per heavy atom. The number of rotatable bonds is 11. The predicted molar refractivity (Wildman–Crippen MR) is 194 cm³/mol. The van der Waals surface area contributed by atoms with Crippen LogP contribution in [0.25, 0.3) is 22.2 Å². The third kappa shape index (κ3) is 8.27. The number of alkyl halides is 3. The molecule has 1 amide bonds. The number of morpholine rings is 1. The van der Waals surface area contributed by atoms with Crippen LogP contribution in [0.1, 0.15) is 66.7 Å². The maximum atomic E-state index is 14.7. The Morgan fingerprint density at radius 2 is 1.71 bits per heavy atom. The molecule has 0 aliphatic carbocycles. The molecule has 2 fully saturated rings. The van der Waals surface area contributed by atoms with Crippen molar-refractivity contribution in [1.82, 2.24) is 20.1 Å². The fraction of sp³-hybridized carbons (Fsp3) is 0.436. The van der Waals surface area contributed by atoms with Gasteiger partial charge in [0.1, 0.15) is 10.6 Å². The predicted octanol–water partition coefficient (Wildman–Crippen LogP) is 6.90. The highest BCUT2D eigenvalue weighted by Gasteiger charge is 2.33. The van der Waals surface area contributed by atoms with Crippen LogP contribution in [0.4, 0.5) is 13.2 Å². The van der Waals surface area contributed by atoms with Crippen molar-refractivity contribution in [1.29, 1.82) is 0 Å². The van der Waals surface area contributed by atoms with Gasteiger partial charge in [0.05, 0.1) is 54.0 Å². The van der Waals surface area contributed by atoms with Crippen molar-refractivity contribution >= 4 is 26.6 Å². The topological polar surface area (TPSA) is 101 Å². The molecule has 0 radical (unpaired) electrons. The number of carbonyl (C=O) groups excluding carboxylic acids is 1. The first-order valence-corrected chi connectivity index (χ1v) is 19.5. The Hall–Kier alpha value is -4.04. The molecule has 3 heterocycles. The number of fused-ring (bicyclic) bond motifs is 1. The van der Waals surface area contributed by atoms with Gasteiger partial charge < -0.3 is 14.8 Å². The van der Waals surface area contributed by atoms with Crippen molar-refractivity contribution in [3.63, 3.8) is 0 Å². The number of nitrogens with one attached hydrogen (secondary N) is 1. The molecule has 0 spiro atoms. The molecule has 1 atom stereocenters. The number of piperidine rings is 1. The molecule has 4 aromatic rings. The number of benzene rings is 3. The van der Waals surface area contributed by atoms with Crippen molar-refractivity contribution in [3.8, 4) is 17.0 Å². The zero-order valence-electron chi connectivity index (χ0n) is 29.7. The van der Waals surface area contributed by atoms with Gasteiger partial charge in [0, 0.05) is 48.3 Å². The lowest BCUT2D eigenvalue weighted by molar-refractivity contribution is -0.137. The van der Waals surface area contributed by atoms with Crippen LogP contribution in [-0.4, -0.2) is 86.9 Å². The normalized spacial score (nSPS) is 17.3. The Morgan fingerprint density at radius 1 is 1.00 bits per heavy atom. The molecule has 0 unspecified atom stereocenters. The third-order valence-electron chi connectivity index (χ3n) is 10.0. The molecule has 2 aliphatic heterocycles. The van der Waals surface area contributed by atoms with Crippen LogP contribution in [0.3, 0.4) is 0 Å². The van der Waals surface area contributed by atoms with Crippen LogP contribution >= 0.6 is 0 Å². The van der Waals surface area contributed by atoms with Gasteiger partial charge >= 0.3 is 6.18 Å². The molecule has 2 aliphatic rings. The van der Waals surface area contributed by atoms with E-state index in [-0.39, 0.29) is 57.3 Å². The van der Waals surface area contributed by atoms with Gasteiger partial charge in [-0.1, -0.05) is 49.4 Å². The summed E-state index contributed by atoms with van der Waals surface area (Å²) in [5.74, 6) is -0.619. The maximum Gasteiger partial charge on any atom is 0.416 e. The fourth-order valence-corrected chi connectivity index (χ4v) is 8.21.